The van der Waals surface area contributed by atoms with Gasteiger partial charge in [-0.2, -0.15) is 0 Å². The van der Waals surface area contributed by atoms with Crippen LogP contribution in [-0.4, -0.2) is 20.4 Å². The van der Waals surface area contributed by atoms with E-state index in [4.69, 9.17) is 5.21 Å². The molecule has 7 heavy (non-hydrogen) atoms. The third-order valence-corrected chi connectivity index (χ3v) is 0.410. The van der Waals surface area contributed by atoms with Crippen LogP contribution < -0.4 is 6.15 Å². The van der Waals surface area contributed by atoms with E-state index in [0.717, 1.165) is 0 Å². The Morgan fingerprint density at radius 1 is 1.57 bits per heavy atom. The minimum atomic E-state index is 0. The van der Waals surface area contributed by atoms with Gasteiger partial charge in [-0.05, 0) is 5.21 Å². The van der Waals surface area contributed by atoms with Gasteiger partial charge in [0.25, 0.3) is 0 Å². The number of rotatable bonds is 0. The van der Waals surface area contributed by atoms with Crippen LogP contribution in [0.4, 0.5) is 0 Å². The molecule has 5 heteroatoms. The Labute approximate surface area is 40.1 Å². The van der Waals surface area contributed by atoms with Gasteiger partial charge in [0, 0.05) is 0 Å². The van der Waals surface area contributed by atoms with Crippen LogP contribution in [0.5, 0.6) is 0 Å². The molecule has 1 rings (SSSR count). The van der Waals surface area contributed by atoms with E-state index in [1.807, 2.05) is 0 Å². The second-order valence-corrected chi connectivity index (χ2v) is 0.823. The van der Waals surface area contributed by atoms with E-state index in [-0.39, 0.29) is 6.15 Å². The normalized spacial score (nSPS) is 7.43. The molecule has 40 valence electrons. The summed E-state index contributed by atoms with van der Waals surface area (Å²) in [7, 11) is 0. The zero-order chi connectivity index (χ0) is 4.41. The van der Waals surface area contributed by atoms with Crippen LogP contribution in [0.3, 0.4) is 0 Å². The zero-order valence-corrected chi connectivity index (χ0v) is 3.65. The summed E-state index contributed by atoms with van der Waals surface area (Å²) in [4.78, 5) is 0.639. The second-order valence-electron chi connectivity index (χ2n) is 0.823. The number of nitrogens with zero attached hydrogens (tertiary/aromatic N) is 3. The summed E-state index contributed by atoms with van der Waals surface area (Å²) >= 11 is 0. The summed E-state index contributed by atoms with van der Waals surface area (Å²) in [6.07, 6.45) is 2.72. The lowest BCUT2D eigenvalue weighted by Gasteiger charge is -1.74. The minimum Gasteiger partial charge on any atom is -0.411 e. The van der Waals surface area contributed by atoms with Gasteiger partial charge in [0.15, 0.2) is 0 Å². The summed E-state index contributed by atoms with van der Waals surface area (Å²) in [5.41, 5.74) is 0. The second kappa shape index (κ2) is 2.14. The molecule has 1 aromatic rings. The van der Waals surface area contributed by atoms with Gasteiger partial charge in [-0.3, -0.25) is 0 Å². The summed E-state index contributed by atoms with van der Waals surface area (Å²) in [6.45, 7) is 0. The fourth-order valence-electron chi connectivity index (χ4n) is 0.202. The Hall–Kier alpha value is -1.10. The Bertz CT molecular complexity index is 113. The van der Waals surface area contributed by atoms with Crippen molar-refractivity contribution in [1.29, 1.82) is 0 Å². The van der Waals surface area contributed by atoms with E-state index >= 15 is 0 Å². The van der Waals surface area contributed by atoms with E-state index in [1.165, 1.54) is 12.4 Å². The van der Waals surface area contributed by atoms with Crippen LogP contribution in [-0.2, 0) is 0 Å². The van der Waals surface area contributed by atoms with Crippen molar-refractivity contribution in [3.05, 3.63) is 12.4 Å². The fourth-order valence-corrected chi connectivity index (χ4v) is 0.202. The summed E-state index contributed by atoms with van der Waals surface area (Å²) in [5, 5.41) is 14.6. The Kier molecular flexibility index (Phi) is 1.80. The number of hydrogen-bond acceptors (Lipinski definition) is 4. The summed E-state index contributed by atoms with van der Waals surface area (Å²) in [6, 6.07) is 0. The lowest BCUT2D eigenvalue weighted by atomic mass is 11.0. The molecule has 1 aromatic heterocycles. The first-order chi connectivity index (χ1) is 2.89. The smallest absolute Gasteiger partial charge is 0.0868 e. The first-order valence-electron chi connectivity index (χ1n) is 1.45. The molecule has 0 radical (unpaired) electrons. The summed E-state index contributed by atoms with van der Waals surface area (Å²) in [5.74, 6) is 0. The highest BCUT2D eigenvalue weighted by molar-refractivity contribution is 4.57. The molecular formula is C2H6N4O. The quantitative estimate of drug-likeness (QED) is 0.439. The van der Waals surface area contributed by atoms with E-state index in [9.17, 15) is 0 Å². The van der Waals surface area contributed by atoms with Crippen LogP contribution >= 0.6 is 0 Å². The van der Waals surface area contributed by atoms with Crippen molar-refractivity contribution in [1.82, 2.24) is 21.3 Å². The fraction of sp³-hybridized carbons (Fsp3) is 0. The molecule has 4 N–H and O–H groups in total. The highest BCUT2D eigenvalue weighted by Crippen LogP contribution is 1.65. The van der Waals surface area contributed by atoms with Gasteiger partial charge in [-0.15, -0.1) is 5.10 Å². The van der Waals surface area contributed by atoms with Gasteiger partial charge in [0.2, 0.25) is 0 Å². The van der Waals surface area contributed by atoms with Crippen LogP contribution in [0.1, 0.15) is 0 Å². The third-order valence-electron chi connectivity index (χ3n) is 0.410. The lowest BCUT2D eigenvalue weighted by Crippen LogP contribution is -1.88. The maximum atomic E-state index is 8.22. The zero-order valence-electron chi connectivity index (χ0n) is 3.65. The molecule has 0 aliphatic rings. The molecule has 0 unspecified atom stereocenters. The molecule has 0 aliphatic carbocycles. The van der Waals surface area contributed by atoms with Crippen LogP contribution in [0.15, 0.2) is 12.4 Å². The molecule has 0 aromatic carbocycles. The van der Waals surface area contributed by atoms with E-state index in [2.05, 4.69) is 10.3 Å². The van der Waals surface area contributed by atoms with Gasteiger partial charge in [-0.25, -0.2) is 0 Å². The van der Waals surface area contributed by atoms with Gasteiger partial charge >= 0.3 is 0 Å². The largest absolute Gasteiger partial charge is 0.411 e. The molecule has 0 spiro atoms. The topological polar surface area (TPSA) is 85.9 Å². The highest BCUT2D eigenvalue weighted by atomic mass is 16.5. The average molecular weight is 102 g/mol. The highest BCUT2D eigenvalue weighted by Gasteiger charge is 1.73. The van der Waals surface area contributed by atoms with E-state index in [1.54, 1.807) is 0 Å². The monoisotopic (exact) mass is 102 g/mol. The maximum absolute atomic E-state index is 8.22. The van der Waals surface area contributed by atoms with Crippen LogP contribution in [0.25, 0.3) is 0 Å². The van der Waals surface area contributed by atoms with Crippen molar-refractivity contribution in [2.24, 2.45) is 0 Å². The Balaban J connectivity index is 0.000000360. The molecule has 0 saturated carbocycles. The van der Waals surface area contributed by atoms with Crippen LogP contribution in [0.2, 0.25) is 0 Å². The molecular weight excluding hydrogens is 96.0 g/mol. The van der Waals surface area contributed by atoms with Crippen LogP contribution in [0, 0.1) is 0 Å². The SMILES string of the molecule is N.On1ccnn1. The average Bonchev–Trinajstić information content (AvgIpc) is 1.86. The number of aromatic nitrogens is 3. The van der Waals surface area contributed by atoms with Gasteiger partial charge in [0.05, 0.1) is 12.4 Å². The van der Waals surface area contributed by atoms with E-state index in [0.29, 0.717) is 4.85 Å². The Morgan fingerprint density at radius 2 is 2.29 bits per heavy atom. The first kappa shape index (κ1) is 5.90. The lowest BCUT2D eigenvalue weighted by molar-refractivity contribution is 0.143. The molecule has 0 bridgehead atoms. The predicted octanol–water partition coefficient (Wildman–Crippen LogP) is -0.323. The van der Waals surface area contributed by atoms with Gasteiger partial charge in [0.1, 0.15) is 0 Å². The standard InChI is InChI=1S/C2H3N3O.H3N/c6-5-2-1-3-4-5;/h1-2,6H;1H3. The summed E-state index contributed by atoms with van der Waals surface area (Å²) < 4.78 is 0. The maximum Gasteiger partial charge on any atom is 0.0868 e. The van der Waals surface area contributed by atoms with Crippen molar-refractivity contribution >= 4 is 0 Å². The molecule has 0 atom stereocenters. The molecule has 0 aliphatic heterocycles. The first-order valence-corrected chi connectivity index (χ1v) is 1.45. The minimum absolute atomic E-state index is 0. The Morgan fingerprint density at radius 3 is 2.43 bits per heavy atom. The molecule has 1 heterocycles. The number of hydrogen-bond donors (Lipinski definition) is 2. The molecule has 0 amide bonds. The van der Waals surface area contributed by atoms with Crippen molar-refractivity contribution in [3.63, 3.8) is 0 Å². The van der Waals surface area contributed by atoms with Crippen molar-refractivity contribution in [3.8, 4) is 0 Å². The van der Waals surface area contributed by atoms with Gasteiger partial charge < -0.3 is 11.4 Å². The third kappa shape index (κ3) is 1.18. The van der Waals surface area contributed by atoms with E-state index < -0.39 is 0 Å². The molecule has 0 saturated heterocycles. The van der Waals surface area contributed by atoms with Crippen molar-refractivity contribution in [2.75, 3.05) is 0 Å². The van der Waals surface area contributed by atoms with Crippen molar-refractivity contribution < 1.29 is 5.21 Å². The predicted molar refractivity (Wildman–Crippen MR) is 22.2 cm³/mol. The molecule has 5 nitrogen and oxygen atoms in total. The van der Waals surface area contributed by atoms with Crippen molar-refractivity contribution in [2.45, 2.75) is 0 Å². The molecule has 0 fully saturated rings. The van der Waals surface area contributed by atoms with Gasteiger partial charge in [-0.1, -0.05) is 4.85 Å².